The Morgan fingerprint density at radius 2 is 2.00 bits per heavy atom. The number of amides is 1. The Bertz CT molecular complexity index is 317. The molecule has 0 spiro atoms. The van der Waals surface area contributed by atoms with Gasteiger partial charge in [-0.3, -0.25) is 4.79 Å². The fraction of sp³-hybridized carbons (Fsp3) is 0.417. The van der Waals surface area contributed by atoms with Crippen molar-refractivity contribution in [3.63, 3.8) is 0 Å². The molecule has 0 aromatic heterocycles. The Morgan fingerprint density at radius 3 is 2.53 bits per heavy atom. The predicted octanol–water partition coefficient (Wildman–Crippen LogP) is 1.00. The summed E-state index contributed by atoms with van der Waals surface area (Å²) >= 11 is 0. The van der Waals surface area contributed by atoms with Crippen molar-refractivity contribution in [2.75, 3.05) is 6.54 Å². The molecule has 0 aliphatic rings. The van der Waals surface area contributed by atoms with Gasteiger partial charge in [-0.05, 0) is 25.8 Å². The van der Waals surface area contributed by atoms with Crippen LogP contribution in [0.25, 0.3) is 0 Å². The van der Waals surface area contributed by atoms with Crippen LogP contribution in [0.15, 0.2) is 24.3 Å². The zero-order chi connectivity index (χ0) is 11.3. The first-order valence-corrected chi connectivity index (χ1v) is 5.18. The van der Waals surface area contributed by atoms with E-state index in [1.807, 2.05) is 0 Å². The number of benzene rings is 1. The number of aryl methyl sites for hydroxylation is 1. The second-order valence-electron chi connectivity index (χ2n) is 3.82. The molecule has 15 heavy (non-hydrogen) atoms. The molecule has 0 aliphatic heterocycles. The van der Waals surface area contributed by atoms with Gasteiger partial charge < -0.3 is 11.1 Å². The van der Waals surface area contributed by atoms with Crippen LogP contribution in [0.1, 0.15) is 18.1 Å². The standard InChI is InChI=1S/C12H18N2O/c1-9-3-5-11(6-4-9)7-8-14-12(15)10(2)13/h3-6,10H,7-8,13H2,1-2H3,(H,14,15). The van der Waals surface area contributed by atoms with Gasteiger partial charge in [0.1, 0.15) is 0 Å². The molecular weight excluding hydrogens is 188 g/mol. The molecule has 3 heteroatoms. The predicted molar refractivity (Wildman–Crippen MR) is 61.5 cm³/mol. The largest absolute Gasteiger partial charge is 0.354 e. The van der Waals surface area contributed by atoms with E-state index in [4.69, 9.17) is 5.73 Å². The summed E-state index contributed by atoms with van der Waals surface area (Å²) in [6, 6.07) is 7.87. The second-order valence-corrected chi connectivity index (χ2v) is 3.82. The van der Waals surface area contributed by atoms with Crippen LogP contribution < -0.4 is 11.1 Å². The van der Waals surface area contributed by atoms with Gasteiger partial charge in [-0.15, -0.1) is 0 Å². The van der Waals surface area contributed by atoms with Crippen LogP contribution in [0.5, 0.6) is 0 Å². The number of hydrogen-bond donors (Lipinski definition) is 2. The zero-order valence-corrected chi connectivity index (χ0v) is 9.29. The number of nitrogens with two attached hydrogens (primary N) is 1. The molecule has 1 unspecified atom stereocenters. The summed E-state index contributed by atoms with van der Waals surface area (Å²) in [5, 5.41) is 2.78. The van der Waals surface area contributed by atoms with Crippen molar-refractivity contribution < 1.29 is 4.79 Å². The third-order valence-corrected chi connectivity index (χ3v) is 2.25. The van der Waals surface area contributed by atoms with E-state index < -0.39 is 6.04 Å². The minimum atomic E-state index is -0.428. The lowest BCUT2D eigenvalue weighted by Gasteiger charge is -2.07. The molecule has 0 saturated heterocycles. The lowest BCUT2D eigenvalue weighted by Crippen LogP contribution is -2.39. The fourth-order valence-electron chi connectivity index (χ4n) is 1.25. The molecular formula is C12H18N2O. The summed E-state index contributed by atoms with van der Waals surface area (Å²) in [6.07, 6.45) is 0.846. The number of hydrogen-bond acceptors (Lipinski definition) is 2. The molecule has 1 atom stereocenters. The van der Waals surface area contributed by atoms with Crippen molar-refractivity contribution in [3.05, 3.63) is 35.4 Å². The molecule has 0 heterocycles. The van der Waals surface area contributed by atoms with Crippen LogP contribution in [0.4, 0.5) is 0 Å². The van der Waals surface area contributed by atoms with Crippen LogP contribution in [0.2, 0.25) is 0 Å². The maximum absolute atomic E-state index is 11.2. The van der Waals surface area contributed by atoms with E-state index in [-0.39, 0.29) is 5.91 Å². The van der Waals surface area contributed by atoms with E-state index in [1.54, 1.807) is 6.92 Å². The van der Waals surface area contributed by atoms with Gasteiger partial charge in [-0.1, -0.05) is 29.8 Å². The fourth-order valence-corrected chi connectivity index (χ4v) is 1.25. The first-order chi connectivity index (χ1) is 7.09. The van der Waals surface area contributed by atoms with Gasteiger partial charge in [0.15, 0.2) is 0 Å². The molecule has 0 bridgehead atoms. The molecule has 1 aromatic carbocycles. The first-order valence-electron chi connectivity index (χ1n) is 5.18. The third-order valence-electron chi connectivity index (χ3n) is 2.25. The van der Waals surface area contributed by atoms with Gasteiger partial charge in [-0.2, -0.15) is 0 Å². The van der Waals surface area contributed by atoms with E-state index in [1.165, 1.54) is 11.1 Å². The van der Waals surface area contributed by atoms with E-state index in [2.05, 4.69) is 36.5 Å². The highest BCUT2D eigenvalue weighted by atomic mass is 16.2. The molecule has 0 fully saturated rings. The molecule has 0 saturated carbocycles. The molecule has 0 aliphatic carbocycles. The van der Waals surface area contributed by atoms with Crippen molar-refractivity contribution in [1.82, 2.24) is 5.32 Å². The molecule has 1 rings (SSSR count). The average Bonchev–Trinajstić information content (AvgIpc) is 2.20. The SMILES string of the molecule is Cc1ccc(CCNC(=O)C(C)N)cc1. The lowest BCUT2D eigenvalue weighted by atomic mass is 10.1. The zero-order valence-electron chi connectivity index (χ0n) is 9.29. The highest BCUT2D eigenvalue weighted by Crippen LogP contribution is 2.02. The Morgan fingerprint density at radius 1 is 1.40 bits per heavy atom. The number of nitrogens with one attached hydrogen (secondary N) is 1. The van der Waals surface area contributed by atoms with Crippen LogP contribution in [0, 0.1) is 6.92 Å². The summed E-state index contributed by atoms with van der Waals surface area (Å²) < 4.78 is 0. The van der Waals surface area contributed by atoms with E-state index in [0.29, 0.717) is 6.54 Å². The van der Waals surface area contributed by atoms with Crippen molar-refractivity contribution in [1.29, 1.82) is 0 Å². The maximum Gasteiger partial charge on any atom is 0.236 e. The Kier molecular flexibility index (Phi) is 4.31. The normalized spacial score (nSPS) is 12.2. The molecule has 1 aromatic rings. The second kappa shape index (κ2) is 5.51. The molecule has 3 nitrogen and oxygen atoms in total. The summed E-state index contributed by atoms with van der Waals surface area (Å²) in [7, 11) is 0. The quantitative estimate of drug-likeness (QED) is 0.772. The van der Waals surface area contributed by atoms with Gasteiger partial charge in [0, 0.05) is 6.54 Å². The summed E-state index contributed by atoms with van der Waals surface area (Å²) in [6.45, 7) is 4.38. The smallest absolute Gasteiger partial charge is 0.236 e. The monoisotopic (exact) mass is 206 g/mol. The molecule has 82 valence electrons. The van der Waals surface area contributed by atoms with Crippen molar-refractivity contribution in [2.45, 2.75) is 26.3 Å². The van der Waals surface area contributed by atoms with Crippen molar-refractivity contribution in [2.24, 2.45) is 5.73 Å². The maximum atomic E-state index is 11.2. The van der Waals surface area contributed by atoms with Crippen molar-refractivity contribution in [3.8, 4) is 0 Å². The Labute approximate surface area is 90.7 Å². The number of carbonyl (C=O) groups is 1. The van der Waals surface area contributed by atoms with Crippen LogP contribution in [-0.4, -0.2) is 18.5 Å². The van der Waals surface area contributed by atoms with Gasteiger partial charge in [0.25, 0.3) is 0 Å². The molecule has 0 radical (unpaired) electrons. The Balaban J connectivity index is 2.32. The number of rotatable bonds is 4. The van der Waals surface area contributed by atoms with Crippen LogP contribution in [-0.2, 0) is 11.2 Å². The lowest BCUT2D eigenvalue weighted by molar-refractivity contribution is -0.121. The van der Waals surface area contributed by atoms with Gasteiger partial charge >= 0.3 is 0 Å². The van der Waals surface area contributed by atoms with Gasteiger partial charge in [0.2, 0.25) is 5.91 Å². The van der Waals surface area contributed by atoms with Gasteiger partial charge in [-0.25, -0.2) is 0 Å². The summed E-state index contributed by atoms with van der Waals surface area (Å²) in [5.74, 6) is -0.0953. The van der Waals surface area contributed by atoms with E-state index in [0.717, 1.165) is 6.42 Å². The van der Waals surface area contributed by atoms with Crippen LogP contribution in [0.3, 0.4) is 0 Å². The van der Waals surface area contributed by atoms with E-state index in [9.17, 15) is 4.79 Å². The van der Waals surface area contributed by atoms with Crippen molar-refractivity contribution >= 4 is 5.91 Å². The third kappa shape index (κ3) is 4.13. The highest BCUT2D eigenvalue weighted by Gasteiger charge is 2.05. The van der Waals surface area contributed by atoms with E-state index >= 15 is 0 Å². The molecule has 3 N–H and O–H groups in total. The minimum Gasteiger partial charge on any atom is -0.354 e. The molecule has 1 amide bonds. The van der Waals surface area contributed by atoms with Crippen LogP contribution >= 0.6 is 0 Å². The minimum absolute atomic E-state index is 0.0953. The summed E-state index contributed by atoms with van der Waals surface area (Å²) in [4.78, 5) is 11.2. The number of carbonyl (C=O) groups excluding carboxylic acids is 1. The average molecular weight is 206 g/mol. The first kappa shape index (κ1) is 11.7. The highest BCUT2D eigenvalue weighted by molar-refractivity contribution is 5.80. The summed E-state index contributed by atoms with van der Waals surface area (Å²) in [5.41, 5.74) is 7.90. The Hall–Kier alpha value is -1.35. The van der Waals surface area contributed by atoms with Gasteiger partial charge in [0.05, 0.1) is 6.04 Å². The topological polar surface area (TPSA) is 55.1 Å².